The highest BCUT2D eigenvalue weighted by atomic mass is 35.5. The summed E-state index contributed by atoms with van der Waals surface area (Å²) in [5, 5.41) is 2.70. The molecule has 2 atom stereocenters. The number of nitrogens with one attached hydrogen (secondary N) is 1. The minimum atomic E-state index is -0.707. The van der Waals surface area contributed by atoms with E-state index in [1.165, 1.54) is 6.42 Å². The van der Waals surface area contributed by atoms with Gasteiger partial charge in [-0.15, -0.1) is 11.6 Å². The first-order valence-electron chi connectivity index (χ1n) is 6.91. The van der Waals surface area contributed by atoms with E-state index in [4.69, 9.17) is 11.6 Å². The monoisotopic (exact) mass is 301 g/mol. The SMILES string of the molecule is O=C(NCC1CCCCC1CCl)c1cc(F)ccc1F. The minimum absolute atomic E-state index is 0.247. The number of carbonyl (C=O) groups excluding carboxylic acids is 1. The van der Waals surface area contributed by atoms with Crippen LogP contribution in [0.15, 0.2) is 18.2 Å². The number of hydrogen-bond acceptors (Lipinski definition) is 1. The summed E-state index contributed by atoms with van der Waals surface area (Å²) in [5.74, 6) is -0.602. The van der Waals surface area contributed by atoms with E-state index in [1.807, 2.05) is 0 Å². The molecule has 1 saturated carbocycles. The number of halogens is 3. The molecule has 0 aromatic heterocycles. The maximum absolute atomic E-state index is 13.5. The second-order valence-corrected chi connectivity index (χ2v) is 5.60. The lowest BCUT2D eigenvalue weighted by Gasteiger charge is -2.30. The zero-order chi connectivity index (χ0) is 14.5. The van der Waals surface area contributed by atoms with Crippen molar-refractivity contribution in [3.05, 3.63) is 35.4 Å². The van der Waals surface area contributed by atoms with Crippen molar-refractivity contribution in [1.29, 1.82) is 0 Å². The highest BCUT2D eigenvalue weighted by Crippen LogP contribution is 2.30. The molecule has 1 N–H and O–H groups in total. The summed E-state index contributed by atoms with van der Waals surface area (Å²) in [6.45, 7) is 0.464. The average Bonchev–Trinajstić information content (AvgIpc) is 2.47. The lowest BCUT2D eigenvalue weighted by atomic mass is 9.80. The fourth-order valence-corrected chi connectivity index (χ4v) is 3.15. The molecule has 110 valence electrons. The van der Waals surface area contributed by atoms with Gasteiger partial charge in [-0.2, -0.15) is 0 Å². The van der Waals surface area contributed by atoms with Crippen molar-refractivity contribution in [2.45, 2.75) is 25.7 Å². The summed E-state index contributed by atoms with van der Waals surface area (Å²) >= 11 is 5.93. The minimum Gasteiger partial charge on any atom is -0.352 e. The number of benzene rings is 1. The van der Waals surface area contributed by atoms with Gasteiger partial charge in [-0.1, -0.05) is 12.8 Å². The van der Waals surface area contributed by atoms with Crippen molar-refractivity contribution in [1.82, 2.24) is 5.32 Å². The Labute approximate surface area is 122 Å². The lowest BCUT2D eigenvalue weighted by Crippen LogP contribution is -2.35. The molecule has 0 radical (unpaired) electrons. The molecule has 1 aliphatic carbocycles. The highest BCUT2D eigenvalue weighted by molar-refractivity contribution is 6.18. The Balaban J connectivity index is 1.96. The van der Waals surface area contributed by atoms with Crippen LogP contribution in [0.5, 0.6) is 0 Å². The second-order valence-electron chi connectivity index (χ2n) is 5.29. The van der Waals surface area contributed by atoms with E-state index < -0.39 is 17.5 Å². The lowest BCUT2D eigenvalue weighted by molar-refractivity contribution is 0.0932. The van der Waals surface area contributed by atoms with Crippen molar-refractivity contribution >= 4 is 17.5 Å². The Bertz CT molecular complexity index is 481. The molecule has 0 bridgehead atoms. The van der Waals surface area contributed by atoms with Gasteiger partial charge < -0.3 is 5.32 Å². The molecular weight excluding hydrogens is 284 g/mol. The van der Waals surface area contributed by atoms with Crippen molar-refractivity contribution in [2.24, 2.45) is 11.8 Å². The maximum Gasteiger partial charge on any atom is 0.254 e. The number of rotatable bonds is 4. The Morgan fingerprint density at radius 3 is 2.65 bits per heavy atom. The first-order valence-corrected chi connectivity index (χ1v) is 7.44. The maximum atomic E-state index is 13.5. The molecule has 1 aromatic carbocycles. The third-order valence-electron chi connectivity index (χ3n) is 3.96. The Hall–Kier alpha value is -1.16. The average molecular weight is 302 g/mol. The molecule has 20 heavy (non-hydrogen) atoms. The first kappa shape index (κ1) is 15.2. The van der Waals surface area contributed by atoms with Gasteiger partial charge in [0.15, 0.2) is 0 Å². The van der Waals surface area contributed by atoms with E-state index in [9.17, 15) is 13.6 Å². The predicted molar refractivity (Wildman–Crippen MR) is 74.9 cm³/mol. The molecular formula is C15H18ClF2NO. The Morgan fingerprint density at radius 2 is 1.95 bits per heavy atom. The fourth-order valence-electron chi connectivity index (χ4n) is 2.75. The van der Waals surface area contributed by atoms with Gasteiger partial charge in [0.05, 0.1) is 5.56 Å². The first-order chi connectivity index (χ1) is 9.61. The zero-order valence-electron chi connectivity index (χ0n) is 11.2. The molecule has 0 spiro atoms. The van der Waals surface area contributed by atoms with E-state index in [0.717, 1.165) is 37.5 Å². The fraction of sp³-hybridized carbons (Fsp3) is 0.533. The quantitative estimate of drug-likeness (QED) is 0.843. The van der Waals surface area contributed by atoms with Gasteiger partial charge in [0.25, 0.3) is 5.91 Å². The van der Waals surface area contributed by atoms with Gasteiger partial charge in [0.1, 0.15) is 11.6 Å². The number of hydrogen-bond donors (Lipinski definition) is 1. The van der Waals surface area contributed by atoms with Crippen molar-refractivity contribution in [3.8, 4) is 0 Å². The van der Waals surface area contributed by atoms with E-state index in [2.05, 4.69) is 5.32 Å². The van der Waals surface area contributed by atoms with Crippen LogP contribution < -0.4 is 5.32 Å². The molecule has 0 heterocycles. The van der Waals surface area contributed by atoms with Crippen LogP contribution in [0.3, 0.4) is 0 Å². The topological polar surface area (TPSA) is 29.1 Å². The van der Waals surface area contributed by atoms with E-state index in [1.54, 1.807) is 0 Å². The third-order valence-corrected chi connectivity index (χ3v) is 4.36. The standard InChI is InChI=1S/C15H18ClF2NO/c16-8-10-3-1-2-4-11(10)9-19-15(20)13-7-12(17)5-6-14(13)18/h5-7,10-11H,1-4,8-9H2,(H,19,20). The summed E-state index contributed by atoms with van der Waals surface area (Å²) in [6.07, 6.45) is 4.38. The summed E-state index contributed by atoms with van der Waals surface area (Å²) in [7, 11) is 0. The molecule has 1 aliphatic rings. The van der Waals surface area contributed by atoms with Gasteiger partial charge in [0.2, 0.25) is 0 Å². The number of carbonyl (C=O) groups is 1. The van der Waals surface area contributed by atoms with E-state index in [-0.39, 0.29) is 5.56 Å². The molecule has 2 nitrogen and oxygen atoms in total. The predicted octanol–water partition coefficient (Wildman–Crippen LogP) is 3.74. The zero-order valence-corrected chi connectivity index (χ0v) is 11.9. The summed E-state index contributed by atoms with van der Waals surface area (Å²) in [5.41, 5.74) is -0.247. The van der Waals surface area contributed by atoms with Gasteiger partial charge in [-0.3, -0.25) is 4.79 Å². The second kappa shape index (κ2) is 7.02. The third kappa shape index (κ3) is 3.69. The Morgan fingerprint density at radius 1 is 1.25 bits per heavy atom. The smallest absolute Gasteiger partial charge is 0.254 e. The van der Waals surface area contributed by atoms with Gasteiger partial charge >= 0.3 is 0 Å². The van der Waals surface area contributed by atoms with Crippen LogP contribution in [0.2, 0.25) is 0 Å². The van der Waals surface area contributed by atoms with Crippen LogP contribution in [0.4, 0.5) is 8.78 Å². The van der Waals surface area contributed by atoms with Gasteiger partial charge in [-0.05, 0) is 42.9 Å². The molecule has 1 amide bonds. The van der Waals surface area contributed by atoms with Crippen molar-refractivity contribution in [2.75, 3.05) is 12.4 Å². The van der Waals surface area contributed by atoms with Crippen LogP contribution in [0.1, 0.15) is 36.0 Å². The van der Waals surface area contributed by atoms with Crippen LogP contribution in [-0.2, 0) is 0 Å². The van der Waals surface area contributed by atoms with Crippen LogP contribution >= 0.6 is 11.6 Å². The highest BCUT2D eigenvalue weighted by Gasteiger charge is 2.25. The largest absolute Gasteiger partial charge is 0.352 e. The molecule has 0 saturated heterocycles. The van der Waals surface area contributed by atoms with E-state index in [0.29, 0.717) is 24.3 Å². The molecule has 0 aliphatic heterocycles. The van der Waals surface area contributed by atoms with Gasteiger partial charge in [-0.25, -0.2) is 8.78 Å². The summed E-state index contributed by atoms with van der Waals surface area (Å²) < 4.78 is 26.5. The van der Waals surface area contributed by atoms with Crippen LogP contribution in [-0.4, -0.2) is 18.3 Å². The molecule has 2 unspecified atom stereocenters. The van der Waals surface area contributed by atoms with Crippen molar-refractivity contribution in [3.63, 3.8) is 0 Å². The number of amides is 1. The van der Waals surface area contributed by atoms with E-state index >= 15 is 0 Å². The Kier molecular flexibility index (Phi) is 5.35. The summed E-state index contributed by atoms with van der Waals surface area (Å²) in [4.78, 5) is 11.9. The normalized spacial score (nSPS) is 22.6. The van der Waals surface area contributed by atoms with Crippen molar-refractivity contribution < 1.29 is 13.6 Å². The molecule has 1 aromatic rings. The molecule has 5 heteroatoms. The van der Waals surface area contributed by atoms with Crippen LogP contribution in [0, 0.1) is 23.5 Å². The van der Waals surface area contributed by atoms with Gasteiger partial charge in [0, 0.05) is 12.4 Å². The van der Waals surface area contributed by atoms with Crippen LogP contribution in [0.25, 0.3) is 0 Å². The summed E-state index contributed by atoms with van der Waals surface area (Å²) in [6, 6.07) is 2.88. The number of alkyl halides is 1. The molecule has 1 fully saturated rings. The molecule has 2 rings (SSSR count).